The van der Waals surface area contributed by atoms with Crippen LogP contribution in [-0.4, -0.2) is 25.1 Å². The van der Waals surface area contributed by atoms with Crippen molar-refractivity contribution in [1.29, 1.82) is 0 Å². The number of hydrogen-bond acceptors (Lipinski definition) is 1. The van der Waals surface area contributed by atoms with Crippen molar-refractivity contribution < 1.29 is 33.8 Å². The Balaban J connectivity index is -0.0000000450. The molecule has 0 aromatic heterocycles. The van der Waals surface area contributed by atoms with Gasteiger partial charge in [0.15, 0.2) is 0 Å². The molecule has 4 heteroatoms. The molecule has 0 fully saturated rings. The van der Waals surface area contributed by atoms with Gasteiger partial charge in [-0.1, -0.05) is 8.41 Å². The van der Waals surface area contributed by atoms with Crippen LogP contribution in [0.15, 0.2) is 0 Å². The SMILES string of the molecule is CS(C)=O.[BH4-].[Na+]. The zero-order chi connectivity index (χ0) is 3.58. The molecule has 0 aliphatic heterocycles. The van der Waals surface area contributed by atoms with Crippen molar-refractivity contribution in [1.82, 2.24) is 0 Å². The van der Waals surface area contributed by atoms with Gasteiger partial charge in [-0.2, -0.15) is 0 Å². The van der Waals surface area contributed by atoms with Crippen LogP contribution >= 0.6 is 0 Å². The smallest absolute Gasteiger partial charge is 0.260 e. The Morgan fingerprint density at radius 2 is 1.33 bits per heavy atom. The summed E-state index contributed by atoms with van der Waals surface area (Å²) in [6.07, 6.45) is 3.28. The third kappa shape index (κ3) is 62.8. The van der Waals surface area contributed by atoms with Gasteiger partial charge in [0.2, 0.25) is 0 Å². The zero-order valence-electron chi connectivity index (χ0n) is 3.82. The van der Waals surface area contributed by atoms with E-state index in [2.05, 4.69) is 0 Å². The minimum absolute atomic E-state index is 0. The van der Waals surface area contributed by atoms with E-state index in [4.69, 9.17) is 0 Å². The van der Waals surface area contributed by atoms with Crippen molar-refractivity contribution in [2.75, 3.05) is 12.5 Å². The fourth-order valence-electron chi connectivity index (χ4n) is 0. The minimum atomic E-state index is -0.611. The first kappa shape index (κ1) is 15.7. The molecule has 0 aliphatic rings. The number of hydrogen-bond donors (Lipinski definition) is 0. The maximum atomic E-state index is 9.56. The Morgan fingerprint density at radius 1 is 1.33 bits per heavy atom. The first-order valence-electron chi connectivity index (χ1n) is 0.983. The Bertz CT molecular complexity index is 36.5. The van der Waals surface area contributed by atoms with Crippen LogP contribution in [0, 0.1) is 0 Å². The first-order chi connectivity index (χ1) is 1.73. The van der Waals surface area contributed by atoms with Crippen LogP contribution in [0.4, 0.5) is 0 Å². The molecule has 0 saturated carbocycles. The van der Waals surface area contributed by atoms with Crippen LogP contribution in [0.2, 0.25) is 0 Å². The molecule has 0 bridgehead atoms. The molecule has 0 atom stereocenters. The molecule has 0 unspecified atom stereocenters. The molecule has 34 valence electrons. The van der Waals surface area contributed by atoms with Gasteiger partial charge in [-0.25, -0.2) is 0 Å². The summed E-state index contributed by atoms with van der Waals surface area (Å²) < 4.78 is 9.56. The van der Waals surface area contributed by atoms with E-state index in [1.807, 2.05) is 0 Å². The Kier molecular flexibility index (Phi) is 24.9. The van der Waals surface area contributed by atoms with Crippen molar-refractivity contribution in [3.63, 3.8) is 0 Å². The van der Waals surface area contributed by atoms with Gasteiger partial charge in [0, 0.05) is 23.3 Å². The second-order valence-corrected chi connectivity index (χ2v) is 2.22. The largest absolute Gasteiger partial charge is 1.00 e. The van der Waals surface area contributed by atoms with E-state index in [0.29, 0.717) is 0 Å². The van der Waals surface area contributed by atoms with Crippen molar-refractivity contribution in [2.24, 2.45) is 0 Å². The molecule has 0 amide bonds. The Morgan fingerprint density at radius 3 is 1.33 bits per heavy atom. The first-order valence-corrected chi connectivity index (χ1v) is 2.95. The Hall–Kier alpha value is 1.21. The van der Waals surface area contributed by atoms with Crippen LogP contribution in [0.3, 0.4) is 0 Å². The van der Waals surface area contributed by atoms with Crippen LogP contribution < -0.4 is 29.6 Å². The minimum Gasteiger partial charge on any atom is -0.260 e. The molecule has 0 aromatic carbocycles. The van der Waals surface area contributed by atoms with Crippen molar-refractivity contribution in [3.8, 4) is 0 Å². The van der Waals surface area contributed by atoms with Gasteiger partial charge in [0.25, 0.3) is 0 Å². The summed E-state index contributed by atoms with van der Waals surface area (Å²) in [6.45, 7) is 0. The van der Waals surface area contributed by atoms with Gasteiger partial charge in [-0.05, 0) is 0 Å². The van der Waals surface area contributed by atoms with E-state index in [0.717, 1.165) is 0 Å². The normalized spacial score (nSPS) is 5.83. The summed E-state index contributed by atoms with van der Waals surface area (Å²) in [4.78, 5) is 0. The van der Waals surface area contributed by atoms with Crippen LogP contribution in [0.25, 0.3) is 0 Å². The van der Waals surface area contributed by atoms with E-state index in [9.17, 15) is 4.21 Å². The molecule has 0 rings (SSSR count). The maximum absolute atomic E-state index is 9.56. The molecule has 0 saturated heterocycles. The molecule has 6 heavy (non-hydrogen) atoms. The van der Waals surface area contributed by atoms with E-state index >= 15 is 0 Å². The third-order valence-corrected chi connectivity index (χ3v) is 0. The van der Waals surface area contributed by atoms with Gasteiger partial charge >= 0.3 is 29.6 Å². The van der Waals surface area contributed by atoms with E-state index in [-0.39, 0.29) is 38.0 Å². The average molecular weight is 116 g/mol. The summed E-state index contributed by atoms with van der Waals surface area (Å²) in [6, 6.07) is 0. The van der Waals surface area contributed by atoms with Gasteiger partial charge in [-0.15, -0.1) is 0 Å². The molecule has 0 heterocycles. The van der Waals surface area contributed by atoms with Crippen molar-refractivity contribution >= 4 is 19.2 Å². The van der Waals surface area contributed by atoms with Crippen LogP contribution in [-0.2, 0) is 10.8 Å². The monoisotopic (exact) mass is 116 g/mol. The molecule has 0 aliphatic carbocycles. The molecular formula is C2H10BNaOS. The van der Waals surface area contributed by atoms with E-state index < -0.39 is 10.8 Å². The van der Waals surface area contributed by atoms with Crippen molar-refractivity contribution in [2.45, 2.75) is 0 Å². The predicted octanol–water partition coefficient (Wildman–Crippen LogP) is -4.45. The van der Waals surface area contributed by atoms with Gasteiger partial charge in [0.05, 0.1) is 0 Å². The predicted molar refractivity (Wildman–Crippen MR) is 31.3 cm³/mol. The fourth-order valence-corrected chi connectivity index (χ4v) is 0. The summed E-state index contributed by atoms with van der Waals surface area (Å²) >= 11 is 0. The topological polar surface area (TPSA) is 17.1 Å². The maximum Gasteiger partial charge on any atom is 1.00 e. The van der Waals surface area contributed by atoms with Gasteiger partial charge in [0.1, 0.15) is 0 Å². The summed E-state index contributed by atoms with van der Waals surface area (Å²) in [7, 11) is -0.611. The Labute approximate surface area is 65.2 Å². The van der Waals surface area contributed by atoms with Crippen LogP contribution in [0.5, 0.6) is 0 Å². The second kappa shape index (κ2) is 9.51. The molecule has 0 aromatic rings. The van der Waals surface area contributed by atoms with Crippen LogP contribution in [0.1, 0.15) is 0 Å². The van der Waals surface area contributed by atoms with Gasteiger partial charge < -0.3 is 0 Å². The molecular weight excluding hydrogens is 106 g/mol. The molecule has 0 spiro atoms. The van der Waals surface area contributed by atoms with Crippen molar-refractivity contribution in [3.05, 3.63) is 0 Å². The molecule has 1 nitrogen and oxygen atoms in total. The molecule has 0 N–H and O–H groups in total. The summed E-state index contributed by atoms with van der Waals surface area (Å²) in [5.74, 6) is 0. The van der Waals surface area contributed by atoms with Gasteiger partial charge in [-0.3, -0.25) is 4.21 Å². The summed E-state index contributed by atoms with van der Waals surface area (Å²) in [5, 5.41) is 0. The average Bonchev–Trinajstić information content (AvgIpc) is 0.811. The number of rotatable bonds is 0. The third-order valence-electron chi connectivity index (χ3n) is 0. The molecule has 0 radical (unpaired) electrons. The summed E-state index contributed by atoms with van der Waals surface area (Å²) in [5.41, 5.74) is 0. The fraction of sp³-hybridized carbons (Fsp3) is 1.00. The van der Waals surface area contributed by atoms with E-state index in [1.165, 1.54) is 0 Å². The standard InChI is InChI=1S/C2H6OS.BH4.Na/c1-4(2)3;;/h1-2H3;1H4;/q;-1;+1. The zero-order valence-corrected chi connectivity index (χ0v) is 6.63. The quantitative estimate of drug-likeness (QED) is 0.292. The second-order valence-electron chi connectivity index (χ2n) is 0.742. The van der Waals surface area contributed by atoms with E-state index in [1.54, 1.807) is 12.5 Å².